The number of alkyl halides is 1. The van der Waals surface area contributed by atoms with Gasteiger partial charge in [0.15, 0.2) is 0 Å². The fourth-order valence-electron chi connectivity index (χ4n) is 1.72. The zero-order valence-electron chi connectivity index (χ0n) is 8.03. The number of sulfonamides is 1. The minimum atomic E-state index is -3.09. The van der Waals surface area contributed by atoms with Gasteiger partial charge in [0.1, 0.15) is 0 Å². The van der Waals surface area contributed by atoms with E-state index in [4.69, 9.17) is 11.6 Å². The Balaban J connectivity index is 2.70. The minimum absolute atomic E-state index is 0.00887. The van der Waals surface area contributed by atoms with Gasteiger partial charge in [0, 0.05) is 13.1 Å². The Bertz CT molecular complexity index is 265. The highest BCUT2D eigenvalue weighted by Crippen LogP contribution is 2.27. The molecule has 0 saturated heterocycles. The molecule has 1 aliphatic carbocycles. The van der Waals surface area contributed by atoms with Crippen molar-refractivity contribution in [2.45, 2.75) is 37.1 Å². The quantitative estimate of drug-likeness (QED) is 0.667. The fourth-order valence-corrected chi connectivity index (χ4v) is 2.98. The first-order valence-electron chi connectivity index (χ1n) is 4.50. The zero-order chi connectivity index (χ0) is 10.1. The normalized spacial score (nSPS) is 30.8. The Kier molecular flexibility index (Phi) is 3.60. The topological polar surface area (TPSA) is 37.4 Å². The lowest BCUT2D eigenvalue weighted by Crippen LogP contribution is -2.43. The van der Waals surface area contributed by atoms with Crippen LogP contribution >= 0.6 is 11.6 Å². The third-order valence-electron chi connectivity index (χ3n) is 2.64. The Labute approximate surface area is 85.1 Å². The molecular weight excluding hydrogens is 210 g/mol. The number of nitrogens with zero attached hydrogens (tertiary/aromatic N) is 1. The zero-order valence-corrected chi connectivity index (χ0v) is 9.61. The summed E-state index contributed by atoms with van der Waals surface area (Å²) in [5.74, 6) is 0. The van der Waals surface area contributed by atoms with E-state index in [0.717, 1.165) is 25.7 Å². The van der Waals surface area contributed by atoms with Crippen molar-refractivity contribution in [3.8, 4) is 0 Å². The molecule has 0 aromatic rings. The van der Waals surface area contributed by atoms with Crippen molar-refractivity contribution in [1.29, 1.82) is 0 Å². The summed E-state index contributed by atoms with van der Waals surface area (Å²) in [5, 5.41) is -0.0199. The van der Waals surface area contributed by atoms with E-state index in [1.165, 1.54) is 10.6 Å². The largest absolute Gasteiger partial charge is 0.213 e. The van der Waals surface area contributed by atoms with Gasteiger partial charge in [-0.2, -0.15) is 0 Å². The average Bonchev–Trinajstić information content (AvgIpc) is 2.02. The van der Waals surface area contributed by atoms with Gasteiger partial charge < -0.3 is 0 Å². The molecule has 1 rings (SSSR count). The van der Waals surface area contributed by atoms with Crippen LogP contribution < -0.4 is 0 Å². The highest BCUT2D eigenvalue weighted by Gasteiger charge is 2.30. The molecule has 0 amide bonds. The molecule has 0 bridgehead atoms. The summed E-state index contributed by atoms with van der Waals surface area (Å²) in [7, 11) is -1.47. The van der Waals surface area contributed by atoms with E-state index in [-0.39, 0.29) is 11.4 Å². The van der Waals surface area contributed by atoms with E-state index >= 15 is 0 Å². The van der Waals surface area contributed by atoms with Gasteiger partial charge in [-0.3, -0.25) is 0 Å². The molecule has 0 N–H and O–H groups in total. The van der Waals surface area contributed by atoms with Gasteiger partial charge in [-0.15, -0.1) is 11.6 Å². The van der Waals surface area contributed by atoms with Gasteiger partial charge in [-0.05, 0) is 12.8 Å². The Morgan fingerprint density at radius 2 is 1.85 bits per heavy atom. The monoisotopic (exact) mass is 225 g/mol. The summed E-state index contributed by atoms with van der Waals surface area (Å²) >= 11 is 6.08. The van der Waals surface area contributed by atoms with E-state index in [9.17, 15) is 8.42 Å². The molecule has 78 valence electrons. The summed E-state index contributed by atoms with van der Waals surface area (Å²) < 4.78 is 23.9. The van der Waals surface area contributed by atoms with Crippen molar-refractivity contribution in [3.63, 3.8) is 0 Å². The van der Waals surface area contributed by atoms with Crippen LogP contribution in [0, 0.1) is 0 Å². The van der Waals surface area contributed by atoms with E-state index in [1.54, 1.807) is 7.05 Å². The van der Waals surface area contributed by atoms with Crippen LogP contribution in [0.1, 0.15) is 25.7 Å². The third kappa shape index (κ3) is 2.82. The van der Waals surface area contributed by atoms with E-state index in [2.05, 4.69) is 0 Å². The maximum atomic E-state index is 11.2. The molecule has 5 heteroatoms. The first-order valence-corrected chi connectivity index (χ1v) is 6.78. The molecule has 0 radical (unpaired) electrons. The van der Waals surface area contributed by atoms with Crippen LogP contribution in [-0.4, -0.2) is 37.4 Å². The summed E-state index contributed by atoms with van der Waals surface area (Å²) in [6, 6.07) is -0.00887. The first-order chi connectivity index (χ1) is 5.93. The Morgan fingerprint density at radius 3 is 2.31 bits per heavy atom. The maximum absolute atomic E-state index is 11.2. The number of hydrogen-bond acceptors (Lipinski definition) is 2. The second-order valence-electron chi connectivity index (χ2n) is 3.65. The van der Waals surface area contributed by atoms with Crippen LogP contribution in [0.15, 0.2) is 0 Å². The maximum Gasteiger partial charge on any atom is 0.211 e. The Hall–Kier alpha value is 0.200. The van der Waals surface area contributed by atoms with Crippen LogP contribution in [0.5, 0.6) is 0 Å². The lowest BCUT2D eigenvalue weighted by Gasteiger charge is -2.33. The number of halogens is 1. The number of hydrogen-bond donors (Lipinski definition) is 0. The standard InChI is InChI=1S/C8H16ClNO2S/c1-10(13(2,11)12)8-6-4-3-5-7(8)9/h7-8H,3-6H2,1-2H3. The molecule has 1 fully saturated rings. The second-order valence-corrected chi connectivity index (χ2v) is 6.25. The van der Waals surface area contributed by atoms with Crippen molar-refractivity contribution in [2.75, 3.05) is 13.3 Å². The van der Waals surface area contributed by atoms with Crippen molar-refractivity contribution < 1.29 is 8.42 Å². The molecule has 1 aliphatic rings. The highest BCUT2D eigenvalue weighted by atomic mass is 35.5. The lowest BCUT2D eigenvalue weighted by atomic mass is 9.95. The fraction of sp³-hybridized carbons (Fsp3) is 1.00. The second kappa shape index (κ2) is 4.15. The summed E-state index contributed by atoms with van der Waals surface area (Å²) in [6.45, 7) is 0. The third-order valence-corrected chi connectivity index (χ3v) is 4.46. The van der Waals surface area contributed by atoms with Crippen molar-refractivity contribution in [2.24, 2.45) is 0 Å². The summed E-state index contributed by atoms with van der Waals surface area (Å²) in [6.07, 6.45) is 5.23. The smallest absolute Gasteiger partial charge is 0.211 e. The summed E-state index contributed by atoms with van der Waals surface area (Å²) in [4.78, 5) is 0. The van der Waals surface area contributed by atoms with E-state index in [0.29, 0.717) is 0 Å². The molecular formula is C8H16ClNO2S. The Morgan fingerprint density at radius 1 is 1.31 bits per heavy atom. The van der Waals surface area contributed by atoms with Crippen molar-refractivity contribution in [1.82, 2.24) is 4.31 Å². The van der Waals surface area contributed by atoms with Gasteiger partial charge in [-0.1, -0.05) is 12.8 Å². The van der Waals surface area contributed by atoms with E-state index < -0.39 is 10.0 Å². The molecule has 0 spiro atoms. The molecule has 3 nitrogen and oxygen atoms in total. The molecule has 2 unspecified atom stereocenters. The lowest BCUT2D eigenvalue weighted by molar-refractivity contribution is 0.292. The molecule has 2 atom stereocenters. The molecule has 0 aliphatic heterocycles. The van der Waals surface area contributed by atoms with Crippen LogP contribution in [0.25, 0.3) is 0 Å². The van der Waals surface area contributed by atoms with Gasteiger partial charge in [0.25, 0.3) is 0 Å². The van der Waals surface area contributed by atoms with E-state index in [1.807, 2.05) is 0 Å². The van der Waals surface area contributed by atoms with Gasteiger partial charge in [0.2, 0.25) is 10.0 Å². The molecule has 0 aromatic heterocycles. The molecule has 1 saturated carbocycles. The van der Waals surface area contributed by atoms with Crippen LogP contribution in [0.4, 0.5) is 0 Å². The first kappa shape index (κ1) is 11.3. The predicted octanol–water partition coefficient (Wildman–Crippen LogP) is 1.43. The molecule has 0 heterocycles. The van der Waals surface area contributed by atoms with Gasteiger partial charge in [-0.25, -0.2) is 12.7 Å². The molecule has 13 heavy (non-hydrogen) atoms. The van der Waals surface area contributed by atoms with Crippen LogP contribution in [0.3, 0.4) is 0 Å². The van der Waals surface area contributed by atoms with Crippen LogP contribution in [0.2, 0.25) is 0 Å². The van der Waals surface area contributed by atoms with Crippen LogP contribution in [-0.2, 0) is 10.0 Å². The minimum Gasteiger partial charge on any atom is -0.213 e. The molecule has 0 aromatic carbocycles. The highest BCUT2D eigenvalue weighted by molar-refractivity contribution is 7.88. The number of rotatable bonds is 2. The predicted molar refractivity (Wildman–Crippen MR) is 54.5 cm³/mol. The van der Waals surface area contributed by atoms with Gasteiger partial charge >= 0.3 is 0 Å². The van der Waals surface area contributed by atoms with Crippen molar-refractivity contribution >= 4 is 21.6 Å². The SMILES string of the molecule is CN(C1CCCCC1Cl)S(C)(=O)=O. The van der Waals surface area contributed by atoms with Crippen molar-refractivity contribution in [3.05, 3.63) is 0 Å². The van der Waals surface area contributed by atoms with Gasteiger partial charge in [0.05, 0.1) is 11.6 Å². The average molecular weight is 226 g/mol. The summed E-state index contributed by atoms with van der Waals surface area (Å²) in [5.41, 5.74) is 0.